The van der Waals surface area contributed by atoms with Gasteiger partial charge in [0.15, 0.2) is 0 Å². The van der Waals surface area contributed by atoms with Gasteiger partial charge >= 0.3 is 11.4 Å². The summed E-state index contributed by atoms with van der Waals surface area (Å²) in [6, 6.07) is 5.26. The molecule has 0 atom stereocenters. The molecule has 0 aliphatic rings. The fourth-order valence-corrected chi connectivity index (χ4v) is 1.39. The molecule has 70 valence electrons. The number of nitrogens with zero attached hydrogens (tertiary/aromatic N) is 1. The molecular formula is C9H8BNO3. The number of benzene rings is 1. The van der Waals surface area contributed by atoms with Gasteiger partial charge < -0.3 is 4.42 Å². The summed E-state index contributed by atoms with van der Waals surface area (Å²) in [6.45, 7) is 0. The second-order valence-electron chi connectivity index (χ2n) is 3.24. The Labute approximate surface area is 80.2 Å². The second kappa shape index (κ2) is 2.87. The molecular weight excluding hydrogens is 181 g/mol. The molecule has 0 bridgehead atoms. The van der Waals surface area contributed by atoms with Crippen LogP contribution in [0, 0.1) is 0 Å². The predicted octanol–water partition coefficient (Wildman–Crippen LogP) is -1.25. The number of hydrogen-bond acceptors (Lipinski definition) is 3. The van der Waals surface area contributed by atoms with Crippen LogP contribution in [0.4, 0.5) is 0 Å². The third-order valence-electron chi connectivity index (χ3n) is 2.19. The van der Waals surface area contributed by atoms with Crippen molar-refractivity contribution in [2.24, 2.45) is 7.05 Å². The van der Waals surface area contributed by atoms with Crippen molar-refractivity contribution in [3.8, 4) is 0 Å². The van der Waals surface area contributed by atoms with Crippen LogP contribution in [0.25, 0.3) is 10.9 Å². The van der Waals surface area contributed by atoms with Gasteiger partial charge in [0, 0.05) is 7.05 Å². The number of hydrogen-bond donors (Lipinski definition) is 0. The van der Waals surface area contributed by atoms with E-state index in [1.54, 1.807) is 19.2 Å². The fourth-order valence-electron chi connectivity index (χ4n) is 1.39. The molecule has 1 aromatic carbocycles. The third-order valence-corrected chi connectivity index (χ3v) is 2.19. The van der Waals surface area contributed by atoms with E-state index < -0.39 is 11.4 Å². The summed E-state index contributed by atoms with van der Waals surface area (Å²) < 4.78 is 5.84. The Morgan fingerprint density at radius 3 is 2.79 bits per heavy atom. The second-order valence-corrected chi connectivity index (χ2v) is 3.24. The minimum Gasteiger partial charge on any atom is -0.372 e. The molecule has 2 rings (SSSR count). The van der Waals surface area contributed by atoms with E-state index in [4.69, 9.17) is 0 Å². The maximum absolute atomic E-state index is 11.3. The Balaban J connectivity index is 3.11. The van der Waals surface area contributed by atoms with Crippen molar-refractivity contribution in [1.82, 2.24) is 4.57 Å². The van der Waals surface area contributed by atoms with Gasteiger partial charge in [-0.25, -0.2) is 9.59 Å². The van der Waals surface area contributed by atoms with E-state index in [0.29, 0.717) is 10.9 Å². The zero-order valence-corrected chi connectivity index (χ0v) is 7.90. The van der Waals surface area contributed by atoms with Crippen LogP contribution in [0.15, 0.2) is 32.2 Å². The molecule has 0 aliphatic carbocycles. The van der Waals surface area contributed by atoms with Crippen LogP contribution in [-0.4, -0.2) is 12.4 Å². The molecule has 0 unspecified atom stereocenters. The molecule has 1 heterocycles. The van der Waals surface area contributed by atoms with Crippen LogP contribution in [0.3, 0.4) is 0 Å². The molecule has 0 saturated heterocycles. The minimum absolute atomic E-state index is 0.428. The van der Waals surface area contributed by atoms with E-state index in [1.807, 2.05) is 13.9 Å². The van der Waals surface area contributed by atoms with Crippen molar-refractivity contribution in [3.05, 3.63) is 39.2 Å². The summed E-state index contributed by atoms with van der Waals surface area (Å²) in [6.07, 6.45) is 0. The van der Waals surface area contributed by atoms with Gasteiger partial charge in [-0.1, -0.05) is 11.5 Å². The van der Waals surface area contributed by atoms with Crippen molar-refractivity contribution < 1.29 is 4.42 Å². The fraction of sp³-hybridized carbons (Fsp3) is 0.111. The van der Waals surface area contributed by atoms with Gasteiger partial charge in [-0.15, -0.1) is 0 Å². The normalized spacial score (nSPS) is 10.6. The Morgan fingerprint density at radius 1 is 1.36 bits per heavy atom. The van der Waals surface area contributed by atoms with Gasteiger partial charge in [0.1, 0.15) is 7.85 Å². The van der Waals surface area contributed by atoms with Gasteiger partial charge in [0.05, 0.1) is 10.9 Å². The van der Waals surface area contributed by atoms with Crippen LogP contribution in [-0.2, 0) is 7.05 Å². The first-order valence-corrected chi connectivity index (χ1v) is 4.20. The standard InChI is InChI=1S/C9H8BNO3/c1-11-7-4-5(10)2-3-6(7)8(12)14-9(11)13/h2-4H,10H2,1H3. The number of rotatable bonds is 0. The molecule has 0 aliphatic heterocycles. The molecule has 0 N–H and O–H groups in total. The average molecular weight is 189 g/mol. The van der Waals surface area contributed by atoms with Gasteiger partial charge in [0.25, 0.3) is 0 Å². The molecule has 5 heteroatoms. The topological polar surface area (TPSA) is 52.2 Å². The lowest BCUT2D eigenvalue weighted by Gasteiger charge is -2.02. The zero-order valence-electron chi connectivity index (χ0n) is 7.90. The maximum Gasteiger partial charge on any atom is 0.422 e. The SMILES string of the molecule is Bc1ccc2c(=O)oc(=O)n(C)c2c1. The van der Waals surface area contributed by atoms with Crippen LogP contribution < -0.4 is 16.8 Å². The molecule has 14 heavy (non-hydrogen) atoms. The number of aryl methyl sites for hydroxylation is 1. The van der Waals surface area contributed by atoms with E-state index in [0.717, 1.165) is 5.46 Å². The molecule has 0 saturated carbocycles. The van der Waals surface area contributed by atoms with Crippen molar-refractivity contribution in [2.45, 2.75) is 0 Å². The highest BCUT2D eigenvalue weighted by molar-refractivity contribution is 6.33. The van der Waals surface area contributed by atoms with E-state index in [1.165, 1.54) is 4.57 Å². The Kier molecular flexibility index (Phi) is 1.80. The Morgan fingerprint density at radius 2 is 2.07 bits per heavy atom. The van der Waals surface area contributed by atoms with Gasteiger partial charge in [-0.2, -0.15) is 0 Å². The highest BCUT2D eigenvalue weighted by Crippen LogP contribution is 2.03. The van der Waals surface area contributed by atoms with Crippen LogP contribution in [0.2, 0.25) is 0 Å². The van der Waals surface area contributed by atoms with Crippen molar-refractivity contribution in [2.75, 3.05) is 0 Å². The van der Waals surface area contributed by atoms with Crippen LogP contribution >= 0.6 is 0 Å². The van der Waals surface area contributed by atoms with Gasteiger partial charge in [-0.05, 0) is 12.1 Å². The van der Waals surface area contributed by atoms with Crippen molar-refractivity contribution in [3.63, 3.8) is 0 Å². The first kappa shape index (κ1) is 8.81. The van der Waals surface area contributed by atoms with Gasteiger partial charge in [0.2, 0.25) is 0 Å². The highest BCUT2D eigenvalue weighted by Gasteiger charge is 2.05. The average Bonchev–Trinajstić information content (AvgIpc) is 2.14. The smallest absolute Gasteiger partial charge is 0.372 e. The quantitative estimate of drug-likeness (QED) is 0.486. The molecule has 0 spiro atoms. The monoisotopic (exact) mass is 189 g/mol. The molecule has 0 amide bonds. The van der Waals surface area contributed by atoms with Crippen LogP contribution in [0.5, 0.6) is 0 Å². The third kappa shape index (κ3) is 1.17. The van der Waals surface area contributed by atoms with Crippen molar-refractivity contribution >= 4 is 24.2 Å². The number of fused-ring (bicyclic) bond motifs is 1. The summed E-state index contributed by atoms with van der Waals surface area (Å²) in [5, 5.41) is 0.428. The maximum atomic E-state index is 11.3. The summed E-state index contributed by atoms with van der Waals surface area (Å²) in [7, 11) is 3.48. The van der Waals surface area contributed by atoms with E-state index >= 15 is 0 Å². The van der Waals surface area contributed by atoms with Gasteiger partial charge in [-0.3, -0.25) is 4.57 Å². The summed E-state index contributed by atoms with van der Waals surface area (Å²) in [4.78, 5) is 22.4. The Hall–Kier alpha value is -1.78. The predicted molar refractivity (Wildman–Crippen MR) is 55.9 cm³/mol. The summed E-state index contributed by atoms with van der Waals surface area (Å²) >= 11 is 0. The lowest BCUT2D eigenvalue weighted by molar-refractivity contribution is 0.433. The summed E-state index contributed by atoms with van der Waals surface area (Å²) in [5.41, 5.74) is 1.02. The molecule has 4 nitrogen and oxygen atoms in total. The molecule has 2 aromatic rings. The number of aromatic nitrogens is 1. The molecule has 1 aromatic heterocycles. The van der Waals surface area contributed by atoms with Crippen LogP contribution in [0.1, 0.15) is 0 Å². The lowest BCUT2D eigenvalue weighted by atomic mass is 9.95. The van der Waals surface area contributed by atoms with E-state index in [2.05, 4.69) is 4.42 Å². The largest absolute Gasteiger partial charge is 0.422 e. The zero-order chi connectivity index (χ0) is 10.3. The van der Waals surface area contributed by atoms with E-state index in [-0.39, 0.29) is 0 Å². The Bertz CT molecular complexity index is 611. The van der Waals surface area contributed by atoms with Crippen molar-refractivity contribution in [1.29, 1.82) is 0 Å². The first-order chi connectivity index (χ1) is 6.59. The lowest BCUT2D eigenvalue weighted by Crippen LogP contribution is -2.23. The molecule has 0 fully saturated rings. The first-order valence-electron chi connectivity index (χ1n) is 4.20. The molecule has 0 radical (unpaired) electrons. The highest BCUT2D eigenvalue weighted by atomic mass is 16.4. The summed E-state index contributed by atoms with van der Waals surface area (Å²) in [5.74, 6) is -0.631. The van der Waals surface area contributed by atoms with E-state index in [9.17, 15) is 9.59 Å². The minimum atomic E-state index is -0.631.